The van der Waals surface area contributed by atoms with Crippen molar-refractivity contribution in [2.75, 3.05) is 0 Å². The second-order valence-corrected chi connectivity index (χ2v) is 3.53. The largest absolute Gasteiger partial charge is 0.508 e. The molecule has 17 heavy (non-hydrogen) atoms. The van der Waals surface area contributed by atoms with E-state index in [2.05, 4.69) is 10.5 Å². The molecule has 2 amide bonds. The van der Waals surface area contributed by atoms with E-state index in [9.17, 15) is 9.90 Å². The van der Waals surface area contributed by atoms with E-state index in [-0.39, 0.29) is 5.75 Å². The summed E-state index contributed by atoms with van der Waals surface area (Å²) in [6.07, 6.45) is 1.50. The number of urea groups is 1. The number of hydrazone groups is 1. The van der Waals surface area contributed by atoms with Crippen molar-refractivity contribution in [3.63, 3.8) is 0 Å². The zero-order chi connectivity index (χ0) is 12.3. The Morgan fingerprint density at radius 2 is 1.94 bits per heavy atom. The second-order valence-electron chi connectivity index (χ2n) is 3.53. The van der Waals surface area contributed by atoms with Gasteiger partial charge in [0.25, 0.3) is 0 Å². The van der Waals surface area contributed by atoms with Crippen LogP contribution in [0.3, 0.4) is 0 Å². The van der Waals surface area contributed by atoms with E-state index >= 15 is 0 Å². The van der Waals surface area contributed by atoms with Gasteiger partial charge in [-0.25, -0.2) is 10.2 Å². The van der Waals surface area contributed by atoms with Gasteiger partial charge in [-0.1, -0.05) is 18.2 Å². The maximum Gasteiger partial charge on any atom is 0.332 e. The first kappa shape index (κ1) is 10.9. The fraction of sp³-hybridized carbons (Fsp3) is 0. The quantitative estimate of drug-likeness (QED) is 0.539. The molecule has 0 spiro atoms. The highest BCUT2D eigenvalue weighted by Gasteiger charge is 1.96. The molecule has 0 aliphatic heterocycles. The van der Waals surface area contributed by atoms with Gasteiger partial charge in [-0.05, 0) is 34.5 Å². The van der Waals surface area contributed by atoms with E-state index in [1.165, 1.54) is 6.21 Å². The molecule has 5 nitrogen and oxygen atoms in total. The highest BCUT2D eigenvalue weighted by atomic mass is 16.3. The Kier molecular flexibility index (Phi) is 2.91. The SMILES string of the molecule is NC(=O)NN=Cc1ccc2cc(O)ccc2c1. The topological polar surface area (TPSA) is 87.7 Å². The van der Waals surface area contributed by atoms with Gasteiger partial charge < -0.3 is 10.8 Å². The molecule has 0 aliphatic carbocycles. The number of primary amides is 1. The summed E-state index contributed by atoms with van der Waals surface area (Å²) in [4.78, 5) is 10.4. The second kappa shape index (κ2) is 4.52. The molecule has 4 N–H and O–H groups in total. The average molecular weight is 229 g/mol. The first-order chi connectivity index (χ1) is 8.15. The van der Waals surface area contributed by atoms with Crippen LogP contribution < -0.4 is 11.2 Å². The minimum absolute atomic E-state index is 0.231. The number of nitrogens with zero attached hydrogens (tertiary/aromatic N) is 1. The molecule has 2 aromatic carbocycles. The summed E-state index contributed by atoms with van der Waals surface area (Å²) in [6, 6.07) is 9.98. The minimum Gasteiger partial charge on any atom is -0.508 e. The molecular formula is C12H11N3O2. The third-order valence-corrected chi connectivity index (χ3v) is 2.24. The summed E-state index contributed by atoms with van der Waals surface area (Å²) in [6.45, 7) is 0. The van der Waals surface area contributed by atoms with Gasteiger partial charge in [-0.2, -0.15) is 5.10 Å². The summed E-state index contributed by atoms with van der Waals surface area (Å²) >= 11 is 0. The molecule has 0 aliphatic rings. The Hall–Kier alpha value is -2.56. The summed E-state index contributed by atoms with van der Waals surface area (Å²) in [5, 5.41) is 14.9. The first-order valence-electron chi connectivity index (χ1n) is 4.96. The van der Waals surface area contributed by atoms with E-state index in [1.807, 2.05) is 24.3 Å². The molecule has 86 valence electrons. The van der Waals surface area contributed by atoms with Crippen molar-refractivity contribution in [1.29, 1.82) is 0 Å². The molecule has 0 saturated carbocycles. The monoisotopic (exact) mass is 229 g/mol. The van der Waals surface area contributed by atoms with E-state index in [1.54, 1.807) is 12.1 Å². The first-order valence-corrected chi connectivity index (χ1v) is 4.96. The van der Waals surface area contributed by atoms with Crippen molar-refractivity contribution >= 4 is 23.0 Å². The summed E-state index contributed by atoms with van der Waals surface area (Å²) in [7, 11) is 0. The lowest BCUT2D eigenvalue weighted by Gasteiger charge is -2.00. The molecule has 0 heterocycles. The van der Waals surface area contributed by atoms with Crippen molar-refractivity contribution in [1.82, 2.24) is 5.43 Å². The number of hydrogen-bond donors (Lipinski definition) is 3. The van der Waals surface area contributed by atoms with Crippen LogP contribution in [0.15, 0.2) is 41.5 Å². The van der Waals surface area contributed by atoms with Crippen LogP contribution in [0.5, 0.6) is 5.75 Å². The maximum absolute atomic E-state index is 10.4. The van der Waals surface area contributed by atoms with Crippen LogP contribution in [0, 0.1) is 0 Å². The zero-order valence-corrected chi connectivity index (χ0v) is 8.92. The van der Waals surface area contributed by atoms with Gasteiger partial charge in [0.2, 0.25) is 0 Å². The molecule has 2 rings (SSSR count). The van der Waals surface area contributed by atoms with Gasteiger partial charge >= 0.3 is 6.03 Å². The van der Waals surface area contributed by atoms with Gasteiger partial charge in [0, 0.05) is 0 Å². The lowest BCUT2D eigenvalue weighted by atomic mass is 10.1. The third kappa shape index (κ3) is 2.72. The number of phenolic OH excluding ortho intramolecular Hbond substituents is 1. The van der Waals surface area contributed by atoms with Crippen LogP contribution in [0.2, 0.25) is 0 Å². The van der Waals surface area contributed by atoms with Crippen molar-refractivity contribution in [2.45, 2.75) is 0 Å². The van der Waals surface area contributed by atoms with E-state index in [0.717, 1.165) is 16.3 Å². The number of nitrogens with two attached hydrogens (primary N) is 1. The van der Waals surface area contributed by atoms with Gasteiger partial charge in [-0.3, -0.25) is 0 Å². The molecule has 0 aromatic heterocycles. The number of carbonyl (C=O) groups is 1. The van der Waals surface area contributed by atoms with Crippen LogP contribution in [0.25, 0.3) is 10.8 Å². The van der Waals surface area contributed by atoms with Crippen molar-refractivity contribution < 1.29 is 9.90 Å². The van der Waals surface area contributed by atoms with Crippen molar-refractivity contribution in [3.8, 4) is 5.75 Å². The molecule has 0 radical (unpaired) electrons. The lowest BCUT2D eigenvalue weighted by molar-refractivity contribution is 0.249. The van der Waals surface area contributed by atoms with Crippen LogP contribution in [0.4, 0.5) is 4.79 Å². The number of carbonyl (C=O) groups excluding carboxylic acids is 1. The van der Waals surface area contributed by atoms with Gasteiger partial charge in [0.05, 0.1) is 6.21 Å². The van der Waals surface area contributed by atoms with Crippen LogP contribution >= 0.6 is 0 Å². The summed E-state index contributed by atoms with van der Waals surface area (Å²) in [5.41, 5.74) is 7.82. The number of fused-ring (bicyclic) bond motifs is 1. The summed E-state index contributed by atoms with van der Waals surface area (Å²) < 4.78 is 0. The molecule has 0 saturated heterocycles. The van der Waals surface area contributed by atoms with Gasteiger partial charge in [-0.15, -0.1) is 0 Å². The van der Waals surface area contributed by atoms with E-state index in [4.69, 9.17) is 5.73 Å². The van der Waals surface area contributed by atoms with Gasteiger partial charge in [0.15, 0.2) is 0 Å². The number of phenols is 1. The number of hydrogen-bond acceptors (Lipinski definition) is 3. The Balaban J connectivity index is 2.29. The molecule has 0 fully saturated rings. The molecule has 5 heteroatoms. The molecule has 0 bridgehead atoms. The Morgan fingerprint density at radius 1 is 1.24 bits per heavy atom. The van der Waals surface area contributed by atoms with Crippen LogP contribution in [0.1, 0.15) is 5.56 Å². The number of nitrogens with one attached hydrogen (secondary N) is 1. The van der Waals surface area contributed by atoms with E-state index < -0.39 is 6.03 Å². The number of amides is 2. The lowest BCUT2D eigenvalue weighted by Crippen LogP contribution is -2.24. The van der Waals surface area contributed by atoms with Crippen LogP contribution in [-0.4, -0.2) is 17.4 Å². The molecule has 0 unspecified atom stereocenters. The normalized spacial score (nSPS) is 10.8. The smallest absolute Gasteiger partial charge is 0.332 e. The van der Waals surface area contributed by atoms with Crippen LogP contribution in [-0.2, 0) is 0 Å². The highest BCUT2D eigenvalue weighted by Crippen LogP contribution is 2.20. The highest BCUT2D eigenvalue weighted by molar-refractivity contribution is 5.91. The number of benzene rings is 2. The Labute approximate surface area is 97.6 Å². The van der Waals surface area contributed by atoms with E-state index in [0.29, 0.717) is 0 Å². The predicted octanol–water partition coefficient (Wildman–Crippen LogP) is 1.55. The molecule has 2 aromatic rings. The molecule has 0 atom stereocenters. The Morgan fingerprint density at radius 3 is 2.71 bits per heavy atom. The summed E-state index contributed by atoms with van der Waals surface area (Å²) in [5.74, 6) is 0.231. The minimum atomic E-state index is -0.702. The van der Waals surface area contributed by atoms with Gasteiger partial charge in [0.1, 0.15) is 5.75 Å². The molecular weight excluding hydrogens is 218 g/mol. The average Bonchev–Trinajstić information content (AvgIpc) is 2.29. The standard InChI is InChI=1S/C12H11N3O2/c13-12(17)15-14-7-8-1-2-10-6-11(16)4-3-9(10)5-8/h1-7,16H,(H3,13,15,17). The predicted molar refractivity (Wildman–Crippen MR) is 65.9 cm³/mol. The number of aromatic hydroxyl groups is 1. The van der Waals surface area contributed by atoms with Crippen molar-refractivity contribution in [2.24, 2.45) is 10.8 Å². The fourth-order valence-corrected chi connectivity index (χ4v) is 1.50. The fourth-order valence-electron chi connectivity index (χ4n) is 1.50. The Bertz CT molecular complexity index is 593. The maximum atomic E-state index is 10.4. The number of rotatable bonds is 2. The third-order valence-electron chi connectivity index (χ3n) is 2.24. The zero-order valence-electron chi connectivity index (χ0n) is 8.92. The van der Waals surface area contributed by atoms with Crippen molar-refractivity contribution in [3.05, 3.63) is 42.0 Å².